The summed E-state index contributed by atoms with van der Waals surface area (Å²) in [6.45, 7) is 9.48. The van der Waals surface area contributed by atoms with Gasteiger partial charge >= 0.3 is 0 Å². The Kier molecular flexibility index (Phi) is 7.34. The lowest BCUT2D eigenvalue weighted by atomic mass is 9.96. The first-order valence-electron chi connectivity index (χ1n) is 11.6. The van der Waals surface area contributed by atoms with Gasteiger partial charge in [0.15, 0.2) is 15.6 Å². The number of sulfone groups is 1. The molecule has 3 nitrogen and oxygen atoms in total. The van der Waals surface area contributed by atoms with Crippen molar-refractivity contribution in [2.45, 2.75) is 40.2 Å². The quantitative estimate of drug-likeness (QED) is 0.228. The zero-order valence-electron chi connectivity index (χ0n) is 20.6. The Morgan fingerprint density at radius 1 is 0.694 bits per heavy atom. The second-order valence-electron chi connectivity index (χ2n) is 9.15. The van der Waals surface area contributed by atoms with E-state index in [-0.39, 0.29) is 5.78 Å². The Balaban J connectivity index is 1.47. The lowest BCUT2D eigenvalue weighted by Gasteiger charge is -2.28. The largest absolute Gasteiger partial charge is 0.289 e. The van der Waals surface area contributed by atoms with Crippen LogP contribution in [0.25, 0.3) is 5.57 Å². The average Bonchev–Trinajstić information content (AvgIpc) is 2.89. The van der Waals surface area contributed by atoms with E-state index in [4.69, 9.17) is 0 Å². The summed E-state index contributed by atoms with van der Waals surface area (Å²) in [5, 5.41) is 0. The summed E-state index contributed by atoms with van der Waals surface area (Å²) in [4.78, 5) is 14.9. The molecule has 4 aromatic rings. The van der Waals surface area contributed by atoms with Crippen LogP contribution in [0.1, 0.15) is 40.9 Å². The summed E-state index contributed by atoms with van der Waals surface area (Å²) in [5.74, 6) is -0.00165. The highest BCUT2D eigenvalue weighted by Gasteiger charge is 2.38. The van der Waals surface area contributed by atoms with Crippen molar-refractivity contribution in [3.63, 3.8) is 0 Å². The third-order valence-electron chi connectivity index (χ3n) is 6.32. The maximum atomic E-state index is 13.4. The number of hydrogen-bond donors (Lipinski definition) is 0. The molecule has 0 bridgehead atoms. The number of benzene rings is 4. The van der Waals surface area contributed by atoms with Gasteiger partial charge in [-0.3, -0.25) is 4.79 Å². The molecule has 0 saturated carbocycles. The first-order chi connectivity index (χ1) is 17.1. The fourth-order valence-electron chi connectivity index (χ4n) is 3.81. The Hall–Kier alpha value is -3.41. The Morgan fingerprint density at radius 2 is 1.17 bits per heavy atom. The Morgan fingerprint density at radius 3 is 1.69 bits per heavy atom. The van der Waals surface area contributed by atoms with Crippen LogP contribution in [0.15, 0.2) is 124 Å². The van der Waals surface area contributed by atoms with Gasteiger partial charge in [-0.05, 0) is 80.4 Å². The zero-order chi connectivity index (χ0) is 25.9. The zero-order valence-corrected chi connectivity index (χ0v) is 22.2. The van der Waals surface area contributed by atoms with Crippen LogP contribution in [0.3, 0.4) is 0 Å². The van der Waals surface area contributed by atoms with E-state index in [0.29, 0.717) is 21.6 Å². The van der Waals surface area contributed by atoms with Crippen LogP contribution in [0.4, 0.5) is 0 Å². The molecule has 0 aliphatic rings. The molecule has 0 radical (unpaired) electrons. The van der Waals surface area contributed by atoms with E-state index in [2.05, 4.69) is 6.58 Å². The van der Waals surface area contributed by atoms with Gasteiger partial charge in [0.25, 0.3) is 0 Å². The predicted molar refractivity (Wildman–Crippen MR) is 148 cm³/mol. The Labute approximate surface area is 217 Å². The monoisotopic (exact) mass is 512 g/mol. The number of hydrogen-bond acceptors (Lipinski definition) is 4. The van der Waals surface area contributed by atoms with Crippen molar-refractivity contribution >= 4 is 33.0 Å². The predicted octanol–water partition coefficient (Wildman–Crippen LogP) is 7.64. The van der Waals surface area contributed by atoms with Gasteiger partial charge in [0.2, 0.25) is 0 Å². The van der Waals surface area contributed by atoms with Crippen molar-refractivity contribution in [1.82, 2.24) is 0 Å². The highest BCUT2D eigenvalue weighted by Crippen LogP contribution is 2.37. The van der Waals surface area contributed by atoms with Gasteiger partial charge in [-0.15, -0.1) is 0 Å². The van der Waals surface area contributed by atoms with Crippen LogP contribution >= 0.6 is 11.8 Å². The Bertz CT molecular complexity index is 1480. The van der Waals surface area contributed by atoms with E-state index in [1.165, 1.54) is 0 Å². The molecule has 0 atom stereocenters. The van der Waals surface area contributed by atoms with Crippen LogP contribution < -0.4 is 0 Å². The molecule has 4 aromatic carbocycles. The lowest BCUT2D eigenvalue weighted by Crippen LogP contribution is -2.33. The van der Waals surface area contributed by atoms with Gasteiger partial charge in [-0.2, -0.15) is 0 Å². The van der Waals surface area contributed by atoms with Crippen LogP contribution in [0, 0.1) is 6.92 Å². The summed E-state index contributed by atoms with van der Waals surface area (Å²) in [6, 6.07) is 31.4. The molecule has 0 fully saturated rings. The summed E-state index contributed by atoms with van der Waals surface area (Å²) in [5.41, 5.74) is 3.65. The summed E-state index contributed by atoms with van der Waals surface area (Å²) >= 11 is 1.58. The third kappa shape index (κ3) is 5.23. The summed E-state index contributed by atoms with van der Waals surface area (Å²) in [6.07, 6.45) is 0. The minimum absolute atomic E-state index is 0.00165. The molecule has 182 valence electrons. The van der Waals surface area contributed by atoms with Crippen molar-refractivity contribution in [3.05, 3.63) is 132 Å². The fourth-order valence-corrected chi connectivity index (χ4v) is 6.16. The molecular weight excluding hydrogens is 484 g/mol. The second-order valence-corrected chi connectivity index (χ2v) is 12.8. The second kappa shape index (κ2) is 10.3. The van der Waals surface area contributed by atoms with Crippen LogP contribution in [-0.2, 0) is 9.84 Å². The minimum atomic E-state index is -3.62. The molecule has 0 spiro atoms. The normalized spacial score (nSPS) is 11.8. The molecule has 0 aromatic heterocycles. The van der Waals surface area contributed by atoms with E-state index < -0.39 is 14.6 Å². The molecule has 0 amide bonds. The van der Waals surface area contributed by atoms with E-state index in [9.17, 15) is 13.2 Å². The van der Waals surface area contributed by atoms with E-state index in [1.807, 2.05) is 97.9 Å². The first kappa shape index (κ1) is 25.7. The molecule has 5 heteroatoms. The maximum absolute atomic E-state index is 13.4. The number of carbonyl (C=O) groups excluding carboxylic acids is 1. The molecule has 4 rings (SSSR count). The SMILES string of the molecule is C=C(c1ccc(Sc2ccc(C(=O)c3ccccc3)cc2)cc1)C(C)(C)S(=O)(=O)c1ccc(C)cc1. The average molecular weight is 513 g/mol. The smallest absolute Gasteiger partial charge is 0.193 e. The lowest BCUT2D eigenvalue weighted by molar-refractivity contribution is 0.103. The standard InChI is InChI=1S/C31H28O3S2/c1-22-10-20-29(21-11-22)36(33,34)31(3,4)23(2)24-12-16-27(17-13-24)35-28-18-14-26(15-19-28)30(32)25-8-6-5-7-9-25/h5-21H,2H2,1,3-4H3. The highest BCUT2D eigenvalue weighted by molar-refractivity contribution is 7.99. The van der Waals surface area contributed by atoms with Gasteiger partial charge < -0.3 is 0 Å². The van der Waals surface area contributed by atoms with Gasteiger partial charge in [-0.25, -0.2) is 8.42 Å². The number of ketones is 1. The van der Waals surface area contributed by atoms with Gasteiger partial charge in [0.1, 0.15) is 0 Å². The molecular formula is C31H28O3S2. The summed E-state index contributed by atoms with van der Waals surface area (Å²) in [7, 11) is -3.62. The molecule has 0 aliphatic carbocycles. The maximum Gasteiger partial charge on any atom is 0.193 e. The molecule has 0 aliphatic heterocycles. The fraction of sp³-hybridized carbons (Fsp3) is 0.129. The third-order valence-corrected chi connectivity index (χ3v) is 9.82. The van der Waals surface area contributed by atoms with Gasteiger partial charge in [0, 0.05) is 20.9 Å². The summed E-state index contributed by atoms with van der Waals surface area (Å²) < 4.78 is 25.6. The van der Waals surface area contributed by atoms with Crippen molar-refractivity contribution in [3.8, 4) is 0 Å². The van der Waals surface area contributed by atoms with Crippen LogP contribution in [0.2, 0.25) is 0 Å². The number of carbonyl (C=O) groups is 1. The van der Waals surface area contributed by atoms with E-state index in [1.54, 1.807) is 37.7 Å². The van der Waals surface area contributed by atoms with Crippen LogP contribution in [0.5, 0.6) is 0 Å². The highest BCUT2D eigenvalue weighted by atomic mass is 32.2. The molecule has 36 heavy (non-hydrogen) atoms. The minimum Gasteiger partial charge on any atom is -0.289 e. The van der Waals surface area contributed by atoms with Gasteiger partial charge in [-0.1, -0.05) is 78.5 Å². The van der Waals surface area contributed by atoms with Crippen molar-refractivity contribution in [2.24, 2.45) is 0 Å². The van der Waals surface area contributed by atoms with Crippen LogP contribution in [-0.4, -0.2) is 18.9 Å². The van der Waals surface area contributed by atoms with E-state index >= 15 is 0 Å². The van der Waals surface area contributed by atoms with Crippen molar-refractivity contribution in [1.29, 1.82) is 0 Å². The molecule has 0 N–H and O–H groups in total. The molecule has 0 unspecified atom stereocenters. The molecule has 0 saturated heterocycles. The molecule has 0 heterocycles. The number of aryl methyl sites for hydroxylation is 1. The van der Waals surface area contributed by atoms with Crippen molar-refractivity contribution < 1.29 is 13.2 Å². The van der Waals surface area contributed by atoms with E-state index in [0.717, 1.165) is 20.9 Å². The van der Waals surface area contributed by atoms with Gasteiger partial charge in [0.05, 0.1) is 9.64 Å². The first-order valence-corrected chi connectivity index (χ1v) is 13.9. The van der Waals surface area contributed by atoms with Crippen molar-refractivity contribution in [2.75, 3.05) is 0 Å². The number of rotatable bonds is 8. The topological polar surface area (TPSA) is 51.2 Å².